The minimum atomic E-state index is -0.126. The monoisotopic (exact) mass is 315 g/mol. The highest BCUT2D eigenvalue weighted by Gasteiger charge is 2.15. The van der Waals surface area contributed by atoms with Crippen LogP contribution in [0.25, 0.3) is 0 Å². The molecular formula is C12H11BrClNS. The van der Waals surface area contributed by atoms with Gasteiger partial charge in [-0.3, -0.25) is 0 Å². The van der Waals surface area contributed by atoms with Gasteiger partial charge >= 0.3 is 0 Å². The van der Waals surface area contributed by atoms with E-state index in [0.29, 0.717) is 0 Å². The molecule has 0 saturated carbocycles. The first-order chi connectivity index (χ1) is 7.61. The highest BCUT2D eigenvalue weighted by Crippen LogP contribution is 2.32. The molecule has 2 aromatic rings. The molecule has 0 saturated heterocycles. The summed E-state index contributed by atoms with van der Waals surface area (Å²) in [6.07, 6.45) is 0. The Hall–Kier alpha value is -0.350. The lowest BCUT2D eigenvalue weighted by atomic mass is 9.98. The van der Waals surface area contributed by atoms with Crippen LogP contribution in [-0.2, 0) is 0 Å². The van der Waals surface area contributed by atoms with E-state index >= 15 is 0 Å². The second kappa shape index (κ2) is 4.88. The molecule has 1 nitrogen and oxygen atoms in total. The molecule has 84 valence electrons. The van der Waals surface area contributed by atoms with Gasteiger partial charge in [0.05, 0.1) is 6.04 Å². The van der Waals surface area contributed by atoms with E-state index in [-0.39, 0.29) is 6.04 Å². The largest absolute Gasteiger partial charge is 0.320 e. The number of halogens is 2. The van der Waals surface area contributed by atoms with Crippen molar-refractivity contribution in [3.63, 3.8) is 0 Å². The molecule has 0 spiro atoms. The fraction of sp³-hybridized carbons (Fsp3) is 0.167. The summed E-state index contributed by atoms with van der Waals surface area (Å²) in [5.41, 5.74) is 9.48. The Balaban J connectivity index is 2.46. The van der Waals surface area contributed by atoms with E-state index < -0.39 is 0 Å². The normalized spacial score (nSPS) is 12.8. The average Bonchev–Trinajstić information content (AvgIpc) is 2.68. The summed E-state index contributed by atoms with van der Waals surface area (Å²) in [6.45, 7) is 2.00. The molecule has 0 aliphatic rings. The topological polar surface area (TPSA) is 26.0 Å². The third-order valence-electron chi connectivity index (χ3n) is 2.62. The molecule has 1 aromatic carbocycles. The molecule has 1 aromatic heterocycles. The molecule has 1 unspecified atom stereocenters. The number of hydrogen-bond donors (Lipinski definition) is 1. The zero-order valence-electron chi connectivity index (χ0n) is 8.71. The molecule has 0 aliphatic carbocycles. The van der Waals surface area contributed by atoms with Gasteiger partial charge < -0.3 is 5.73 Å². The highest BCUT2D eigenvalue weighted by molar-refractivity contribution is 9.10. The molecule has 4 heteroatoms. The van der Waals surface area contributed by atoms with Crippen LogP contribution in [0.2, 0.25) is 5.02 Å². The summed E-state index contributed by atoms with van der Waals surface area (Å²) in [5, 5.41) is 4.86. The van der Waals surface area contributed by atoms with E-state index in [0.717, 1.165) is 26.2 Å². The summed E-state index contributed by atoms with van der Waals surface area (Å²) in [7, 11) is 0. The summed E-state index contributed by atoms with van der Waals surface area (Å²) in [6, 6.07) is 5.72. The second-order valence-electron chi connectivity index (χ2n) is 3.61. The fourth-order valence-electron chi connectivity index (χ4n) is 1.64. The van der Waals surface area contributed by atoms with E-state index in [9.17, 15) is 0 Å². The third kappa shape index (κ3) is 2.18. The van der Waals surface area contributed by atoms with Crippen molar-refractivity contribution in [2.75, 3.05) is 0 Å². The smallest absolute Gasteiger partial charge is 0.0574 e. The van der Waals surface area contributed by atoms with Crippen LogP contribution in [0.4, 0.5) is 0 Å². The van der Waals surface area contributed by atoms with Crippen molar-refractivity contribution in [1.82, 2.24) is 0 Å². The third-order valence-corrected chi connectivity index (χ3v) is 4.78. The van der Waals surface area contributed by atoms with Gasteiger partial charge in [0.1, 0.15) is 0 Å². The van der Waals surface area contributed by atoms with Crippen molar-refractivity contribution in [2.24, 2.45) is 5.73 Å². The average molecular weight is 317 g/mol. The molecule has 16 heavy (non-hydrogen) atoms. The molecule has 2 N–H and O–H groups in total. The van der Waals surface area contributed by atoms with Gasteiger partial charge in [-0.2, -0.15) is 11.3 Å². The Bertz CT molecular complexity index is 509. The van der Waals surface area contributed by atoms with Crippen LogP contribution in [0.3, 0.4) is 0 Å². The minimum absolute atomic E-state index is 0.126. The maximum atomic E-state index is 6.25. The SMILES string of the molecule is Cc1c(Cl)cccc1C(N)c1cscc1Br. The molecule has 1 atom stereocenters. The number of hydrogen-bond acceptors (Lipinski definition) is 2. The fourth-order valence-corrected chi connectivity index (χ4v) is 3.40. The van der Waals surface area contributed by atoms with Crippen LogP contribution in [0.15, 0.2) is 33.4 Å². The molecule has 0 amide bonds. The lowest BCUT2D eigenvalue weighted by Crippen LogP contribution is -2.13. The maximum Gasteiger partial charge on any atom is 0.0574 e. The number of nitrogens with two attached hydrogens (primary N) is 1. The Morgan fingerprint density at radius 1 is 1.31 bits per heavy atom. The van der Waals surface area contributed by atoms with Crippen molar-refractivity contribution in [3.8, 4) is 0 Å². The minimum Gasteiger partial charge on any atom is -0.320 e. The molecule has 1 heterocycles. The van der Waals surface area contributed by atoms with Gasteiger partial charge in [-0.05, 0) is 51.0 Å². The second-order valence-corrected chi connectivity index (χ2v) is 5.61. The lowest BCUT2D eigenvalue weighted by Gasteiger charge is -2.15. The first-order valence-corrected chi connectivity index (χ1v) is 6.95. The predicted molar refractivity (Wildman–Crippen MR) is 74.2 cm³/mol. The Labute approximate surface area is 112 Å². The van der Waals surface area contributed by atoms with Gasteiger partial charge in [-0.1, -0.05) is 23.7 Å². The van der Waals surface area contributed by atoms with Gasteiger partial charge in [0.25, 0.3) is 0 Å². The van der Waals surface area contributed by atoms with E-state index in [1.165, 1.54) is 0 Å². The van der Waals surface area contributed by atoms with Gasteiger partial charge in [0.15, 0.2) is 0 Å². The number of rotatable bonds is 2. The number of benzene rings is 1. The maximum absolute atomic E-state index is 6.25. The molecule has 0 radical (unpaired) electrons. The van der Waals surface area contributed by atoms with Crippen LogP contribution in [0, 0.1) is 6.92 Å². The first-order valence-electron chi connectivity index (χ1n) is 4.83. The van der Waals surface area contributed by atoms with Gasteiger partial charge in [0.2, 0.25) is 0 Å². The van der Waals surface area contributed by atoms with Gasteiger partial charge in [-0.15, -0.1) is 0 Å². The summed E-state index contributed by atoms with van der Waals surface area (Å²) in [5.74, 6) is 0. The van der Waals surface area contributed by atoms with Gasteiger partial charge in [0, 0.05) is 14.9 Å². The molecule has 0 bridgehead atoms. The van der Waals surface area contributed by atoms with E-state index in [4.69, 9.17) is 17.3 Å². The van der Waals surface area contributed by atoms with Crippen molar-refractivity contribution < 1.29 is 0 Å². The Kier molecular flexibility index (Phi) is 3.70. The van der Waals surface area contributed by atoms with Crippen LogP contribution >= 0.6 is 38.9 Å². The number of thiophene rings is 1. The van der Waals surface area contributed by atoms with Crippen molar-refractivity contribution in [1.29, 1.82) is 0 Å². The standard InChI is InChI=1S/C12H11BrClNS/c1-7-8(3-2-4-11(7)14)12(15)9-5-16-6-10(9)13/h2-6,12H,15H2,1H3. The molecule has 2 rings (SSSR count). The zero-order valence-corrected chi connectivity index (χ0v) is 11.9. The van der Waals surface area contributed by atoms with E-state index in [2.05, 4.69) is 21.3 Å². The Morgan fingerprint density at radius 2 is 2.06 bits per heavy atom. The first kappa shape index (κ1) is 12.1. The van der Waals surface area contributed by atoms with Crippen molar-refractivity contribution in [2.45, 2.75) is 13.0 Å². The quantitative estimate of drug-likeness (QED) is 0.866. The van der Waals surface area contributed by atoms with Gasteiger partial charge in [-0.25, -0.2) is 0 Å². The summed E-state index contributed by atoms with van der Waals surface area (Å²) < 4.78 is 1.06. The summed E-state index contributed by atoms with van der Waals surface area (Å²) >= 11 is 11.2. The highest BCUT2D eigenvalue weighted by atomic mass is 79.9. The van der Waals surface area contributed by atoms with Crippen molar-refractivity contribution >= 4 is 38.9 Å². The van der Waals surface area contributed by atoms with Crippen molar-refractivity contribution in [3.05, 3.63) is 55.1 Å². The van der Waals surface area contributed by atoms with Crippen LogP contribution in [0.1, 0.15) is 22.7 Å². The molecular weight excluding hydrogens is 306 g/mol. The van der Waals surface area contributed by atoms with Crippen LogP contribution < -0.4 is 5.73 Å². The van der Waals surface area contributed by atoms with E-state index in [1.54, 1.807) is 11.3 Å². The predicted octanol–water partition coefficient (Wildman–Crippen LogP) is 4.52. The lowest BCUT2D eigenvalue weighted by molar-refractivity contribution is 0.862. The van der Waals surface area contributed by atoms with E-state index in [1.807, 2.05) is 30.5 Å². The Morgan fingerprint density at radius 3 is 2.69 bits per heavy atom. The summed E-state index contributed by atoms with van der Waals surface area (Å²) in [4.78, 5) is 0. The zero-order chi connectivity index (χ0) is 11.7. The molecule has 0 aliphatic heterocycles. The van der Waals surface area contributed by atoms with Crippen LogP contribution in [0.5, 0.6) is 0 Å². The van der Waals surface area contributed by atoms with Crippen LogP contribution in [-0.4, -0.2) is 0 Å². The molecule has 0 fully saturated rings.